The summed E-state index contributed by atoms with van der Waals surface area (Å²) in [6.45, 7) is 1.95. The number of rotatable bonds is 5. The van der Waals surface area contributed by atoms with Crippen LogP contribution in [-0.2, 0) is 6.42 Å². The average molecular weight is 273 g/mol. The first-order valence-electron chi connectivity index (χ1n) is 7.20. The highest BCUT2D eigenvalue weighted by molar-refractivity contribution is 5.72. The highest BCUT2D eigenvalue weighted by Gasteiger charge is 2.10. The summed E-state index contributed by atoms with van der Waals surface area (Å²) in [4.78, 5) is 10.8. The van der Waals surface area contributed by atoms with E-state index in [1.165, 1.54) is 24.0 Å². The Morgan fingerprint density at radius 3 is 2.90 bits per heavy atom. The van der Waals surface area contributed by atoms with Crippen molar-refractivity contribution < 1.29 is 4.79 Å². The van der Waals surface area contributed by atoms with Crippen LogP contribution >= 0.6 is 0 Å². The van der Waals surface area contributed by atoms with E-state index < -0.39 is 6.03 Å². The van der Waals surface area contributed by atoms with Crippen molar-refractivity contribution in [3.8, 4) is 0 Å². The van der Waals surface area contributed by atoms with E-state index in [0.717, 1.165) is 30.5 Å². The normalized spacial score (nSPS) is 15.8. The number of hydrogen-bond acceptors (Lipinski definition) is 2. The number of aryl methyl sites for hydroxylation is 1. The van der Waals surface area contributed by atoms with Crippen molar-refractivity contribution in [2.45, 2.75) is 45.1 Å². The zero-order valence-electron chi connectivity index (χ0n) is 12.0. The van der Waals surface area contributed by atoms with Crippen molar-refractivity contribution >= 4 is 17.3 Å². The number of anilines is 1. The van der Waals surface area contributed by atoms with Gasteiger partial charge in [-0.1, -0.05) is 12.1 Å². The number of amides is 2. The number of benzene rings is 1. The van der Waals surface area contributed by atoms with Gasteiger partial charge in [-0.3, -0.25) is 0 Å². The van der Waals surface area contributed by atoms with Crippen LogP contribution in [-0.4, -0.2) is 12.1 Å². The van der Waals surface area contributed by atoms with E-state index in [1.54, 1.807) is 0 Å². The largest absolute Gasteiger partial charge is 0.399 e. The molecule has 4 nitrogen and oxygen atoms in total. The molecule has 0 bridgehead atoms. The number of nitrogens with one attached hydrogen (secondary N) is 1. The summed E-state index contributed by atoms with van der Waals surface area (Å²) in [5.74, 6) is 0. The van der Waals surface area contributed by atoms with E-state index in [2.05, 4.69) is 23.5 Å². The van der Waals surface area contributed by atoms with E-state index in [4.69, 9.17) is 11.5 Å². The SMILES string of the molecule is CC(CCc1cc(C2=CCCC2)ccc1N)NC(N)=O. The Bertz CT molecular complexity index is 522. The molecular formula is C16H23N3O. The van der Waals surface area contributed by atoms with Gasteiger partial charge >= 0.3 is 6.03 Å². The van der Waals surface area contributed by atoms with E-state index in [9.17, 15) is 4.79 Å². The van der Waals surface area contributed by atoms with Crippen molar-refractivity contribution in [2.24, 2.45) is 5.73 Å². The van der Waals surface area contributed by atoms with Gasteiger partial charge in [-0.25, -0.2) is 4.79 Å². The van der Waals surface area contributed by atoms with Gasteiger partial charge in [0.2, 0.25) is 0 Å². The van der Waals surface area contributed by atoms with Crippen LogP contribution in [0.25, 0.3) is 5.57 Å². The lowest BCUT2D eigenvalue weighted by Crippen LogP contribution is -2.36. The molecule has 1 aromatic carbocycles. The molecule has 0 saturated carbocycles. The molecule has 1 unspecified atom stereocenters. The number of allylic oxidation sites excluding steroid dienone is 2. The molecule has 0 heterocycles. The van der Waals surface area contributed by atoms with Gasteiger partial charge in [-0.15, -0.1) is 0 Å². The molecule has 0 saturated heterocycles. The minimum atomic E-state index is -0.477. The predicted octanol–water partition coefficient (Wildman–Crippen LogP) is 2.83. The smallest absolute Gasteiger partial charge is 0.312 e. The van der Waals surface area contributed by atoms with E-state index in [1.807, 2.05) is 13.0 Å². The third kappa shape index (κ3) is 3.76. The van der Waals surface area contributed by atoms with Crippen molar-refractivity contribution in [2.75, 3.05) is 5.73 Å². The first kappa shape index (κ1) is 14.4. The lowest BCUT2D eigenvalue weighted by Gasteiger charge is -2.14. The number of nitrogen functional groups attached to an aromatic ring is 1. The molecule has 1 aliphatic carbocycles. The number of carbonyl (C=O) groups is 1. The minimum Gasteiger partial charge on any atom is -0.399 e. The van der Waals surface area contributed by atoms with Crippen LogP contribution in [0.1, 0.15) is 43.7 Å². The van der Waals surface area contributed by atoms with Gasteiger partial charge in [-0.05, 0) is 67.9 Å². The molecule has 0 aliphatic heterocycles. The fourth-order valence-electron chi connectivity index (χ4n) is 2.64. The molecule has 2 rings (SSSR count). The van der Waals surface area contributed by atoms with Crippen LogP contribution in [0.15, 0.2) is 24.3 Å². The number of nitrogens with two attached hydrogens (primary N) is 2. The molecule has 0 aromatic heterocycles. The fourth-order valence-corrected chi connectivity index (χ4v) is 2.64. The summed E-state index contributed by atoms with van der Waals surface area (Å²) in [5, 5.41) is 2.69. The molecule has 20 heavy (non-hydrogen) atoms. The molecule has 1 atom stereocenters. The van der Waals surface area contributed by atoms with Crippen LogP contribution in [0.4, 0.5) is 10.5 Å². The van der Waals surface area contributed by atoms with Gasteiger partial charge in [-0.2, -0.15) is 0 Å². The lowest BCUT2D eigenvalue weighted by molar-refractivity contribution is 0.245. The lowest BCUT2D eigenvalue weighted by atomic mass is 9.98. The summed E-state index contributed by atoms with van der Waals surface area (Å²) in [6, 6.07) is 5.84. The zero-order valence-corrected chi connectivity index (χ0v) is 12.0. The van der Waals surface area contributed by atoms with Gasteiger partial charge in [0, 0.05) is 11.7 Å². The second kappa shape index (κ2) is 6.46. The number of primary amides is 1. The molecule has 0 fully saturated rings. The van der Waals surface area contributed by atoms with Crippen LogP contribution in [0, 0.1) is 0 Å². The second-order valence-corrected chi connectivity index (χ2v) is 5.48. The number of carbonyl (C=O) groups excluding carboxylic acids is 1. The molecular weight excluding hydrogens is 250 g/mol. The molecule has 4 heteroatoms. The fraction of sp³-hybridized carbons (Fsp3) is 0.438. The Kier molecular flexibility index (Phi) is 4.66. The third-order valence-electron chi connectivity index (χ3n) is 3.79. The van der Waals surface area contributed by atoms with Crippen molar-refractivity contribution in [3.63, 3.8) is 0 Å². The Labute approximate surface area is 120 Å². The van der Waals surface area contributed by atoms with Gasteiger partial charge in [0.25, 0.3) is 0 Å². The van der Waals surface area contributed by atoms with E-state index >= 15 is 0 Å². The zero-order chi connectivity index (χ0) is 14.5. The summed E-state index contributed by atoms with van der Waals surface area (Å²) in [7, 11) is 0. The molecule has 1 aromatic rings. The maximum atomic E-state index is 10.8. The van der Waals surface area contributed by atoms with Crippen molar-refractivity contribution in [3.05, 3.63) is 35.4 Å². The quantitative estimate of drug-likeness (QED) is 0.721. The Balaban J connectivity index is 2.03. The maximum Gasteiger partial charge on any atom is 0.312 e. The van der Waals surface area contributed by atoms with Crippen LogP contribution < -0.4 is 16.8 Å². The maximum absolute atomic E-state index is 10.8. The molecule has 0 radical (unpaired) electrons. The second-order valence-electron chi connectivity index (χ2n) is 5.48. The summed E-state index contributed by atoms with van der Waals surface area (Å²) in [5.41, 5.74) is 15.8. The van der Waals surface area contributed by atoms with E-state index in [0.29, 0.717) is 0 Å². The molecule has 2 amide bonds. The number of urea groups is 1. The third-order valence-corrected chi connectivity index (χ3v) is 3.79. The van der Waals surface area contributed by atoms with Crippen molar-refractivity contribution in [1.82, 2.24) is 5.32 Å². The standard InChI is InChI=1S/C16H23N3O/c1-11(19-16(18)20)6-7-14-10-13(8-9-15(14)17)12-4-2-3-5-12/h4,8-11H,2-3,5-7,17H2,1H3,(H3,18,19,20). The Hall–Kier alpha value is -1.97. The van der Waals surface area contributed by atoms with Gasteiger partial charge < -0.3 is 16.8 Å². The van der Waals surface area contributed by atoms with Crippen LogP contribution in [0.3, 0.4) is 0 Å². The van der Waals surface area contributed by atoms with Gasteiger partial charge in [0.15, 0.2) is 0 Å². The monoisotopic (exact) mass is 273 g/mol. The summed E-state index contributed by atoms with van der Waals surface area (Å²) < 4.78 is 0. The van der Waals surface area contributed by atoms with Crippen molar-refractivity contribution in [1.29, 1.82) is 0 Å². The average Bonchev–Trinajstić information content (AvgIpc) is 2.91. The van der Waals surface area contributed by atoms with Crippen LogP contribution in [0.5, 0.6) is 0 Å². The first-order valence-corrected chi connectivity index (χ1v) is 7.20. The van der Waals surface area contributed by atoms with E-state index in [-0.39, 0.29) is 6.04 Å². The highest BCUT2D eigenvalue weighted by atomic mass is 16.2. The topological polar surface area (TPSA) is 81.1 Å². The predicted molar refractivity (Wildman–Crippen MR) is 83.2 cm³/mol. The molecule has 108 valence electrons. The Morgan fingerprint density at radius 2 is 2.25 bits per heavy atom. The first-order chi connectivity index (χ1) is 9.56. The molecule has 0 spiro atoms. The van der Waals surface area contributed by atoms with Gasteiger partial charge in [0.1, 0.15) is 0 Å². The minimum absolute atomic E-state index is 0.0567. The van der Waals surface area contributed by atoms with Crippen LogP contribution in [0.2, 0.25) is 0 Å². The van der Waals surface area contributed by atoms with Gasteiger partial charge in [0.05, 0.1) is 0 Å². The highest BCUT2D eigenvalue weighted by Crippen LogP contribution is 2.29. The number of hydrogen-bond donors (Lipinski definition) is 3. The Morgan fingerprint density at radius 1 is 1.45 bits per heavy atom. The molecule has 1 aliphatic rings. The summed E-state index contributed by atoms with van der Waals surface area (Å²) >= 11 is 0. The summed E-state index contributed by atoms with van der Waals surface area (Å²) in [6.07, 6.45) is 7.56. The molecule has 5 N–H and O–H groups in total.